The van der Waals surface area contributed by atoms with Gasteiger partial charge in [-0.1, -0.05) is 11.7 Å². The summed E-state index contributed by atoms with van der Waals surface area (Å²) in [4.78, 5) is 0. The minimum Gasteiger partial charge on any atom is -1.00 e. The third-order valence-corrected chi connectivity index (χ3v) is 4.79. The van der Waals surface area contributed by atoms with Crippen molar-refractivity contribution >= 4 is 40.5 Å². The first-order valence-electron chi connectivity index (χ1n) is 1.03. The molecular weight excluding hydrogens is 199 g/mol. The van der Waals surface area contributed by atoms with Crippen LogP contribution in [0.15, 0.2) is 0 Å². The molecule has 46 valence electrons. The normalized spacial score (nSPS) is 10.2. The predicted molar refractivity (Wildman–Crippen MR) is 36.8 cm³/mol. The van der Waals surface area contributed by atoms with Crippen LogP contribution >= 0.6 is 31.3 Å². The minimum atomic E-state index is -3.87. The van der Waals surface area contributed by atoms with Crippen molar-refractivity contribution < 1.29 is 44.0 Å². The third kappa shape index (κ3) is 10.9. The Balaban J connectivity index is -0.000000180. The van der Waals surface area contributed by atoms with Crippen molar-refractivity contribution in [3.8, 4) is 0 Å². The van der Waals surface area contributed by atoms with E-state index in [0.717, 1.165) is 0 Å². The van der Waals surface area contributed by atoms with Gasteiger partial charge in [0, 0.05) is 0 Å². The molecule has 0 spiro atoms. The van der Waals surface area contributed by atoms with Crippen LogP contribution < -0.4 is 29.6 Å². The van der Waals surface area contributed by atoms with E-state index in [1.165, 1.54) is 0 Å². The molecule has 0 aliphatic carbocycles. The second-order valence-electron chi connectivity index (χ2n) is 0.570. The zero-order valence-electron chi connectivity index (χ0n) is 4.94. The molecule has 0 bridgehead atoms. The molecule has 8 heteroatoms. The second-order valence-corrected chi connectivity index (χ2v) is 6.40. The fraction of sp³-hybridized carbons (Fsp3) is 0. The maximum Gasteiger partial charge on any atom is 1.00 e. The van der Waals surface area contributed by atoms with Crippen molar-refractivity contribution in [2.75, 3.05) is 0 Å². The largest absolute Gasteiger partial charge is 1.00 e. The first-order valence-corrected chi connectivity index (χ1v) is 6.19. The number of hydrogen-bond acceptors (Lipinski definition) is 5. The van der Waals surface area contributed by atoms with E-state index < -0.39 is 9.15 Å². The molecule has 0 heterocycles. The van der Waals surface area contributed by atoms with Gasteiger partial charge in [0.15, 0.2) is 0 Å². The SMILES string of the molecule is O=S(=O)(O)SSS.[H-].[Na+]. The van der Waals surface area contributed by atoms with Crippen molar-refractivity contribution in [1.82, 2.24) is 0 Å². The van der Waals surface area contributed by atoms with Crippen LogP contribution in [0.2, 0.25) is 0 Å². The summed E-state index contributed by atoms with van der Waals surface area (Å²) in [5.41, 5.74) is 0. The molecule has 3 nitrogen and oxygen atoms in total. The molecule has 0 amide bonds. The summed E-state index contributed by atoms with van der Waals surface area (Å²) in [5.74, 6) is 0. The molecule has 0 aliphatic rings. The maximum atomic E-state index is 9.68. The fourth-order valence-corrected chi connectivity index (χ4v) is 3.11. The second kappa shape index (κ2) is 5.72. The van der Waals surface area contributed by atoms with E-state index >= 15 is 0 Å². The van der Waals surface area contributed by atoms with E-state index in [-0.39, 0.29) is 31.0 Å². The van der Waals surface area contributed by atoms with Crippen LogP contribution in [-0.4, -0.2) is 13.0 Å². The molecule has 0 aromatic heterocycles. The molecule has 0 radical (unpaired) electrons. The quantitative estimate of drug-likeness (QED) is 0.238. The van der Waals surface area contributed by atoms with Crippen molar-refractivity contribution in [2.24, 2.45) is 0 Å². The molecular formula is H3NaO3S4. The van der Waals surface area contributed by atoms with Gasteiger partial charge >= 0.3 is 38.7 Å². The molecule has 0 saturated heterocycles. The Labute approximate surface area is 83.5 Å². The molecule has 0 saturated carbocycles. The summed E-state index contributed by atoms with van der Waals surface area (Å²) in [7, 11) is -2.89. The van der Waals surface area contributed by atoms with E-state index in [2.05, 4.69) is 11.7 Å². The van der Waals surface area contributed by atoms with Crippen LogP contribution in [0.4, 0.5) is 0 Å². The Morgan fingerprint density at radius 2 is 2.00 bits per heavy atom. The minimum absolute atomic E-state index is 0. The zero-order chi connectivity index (χ0) is 5.91. The van der Waals surface area contributed by atoms with Gasteiger partial charge < -0.3 is 1.43 Å². The van der Waals surface area contributed by atoms with Crippen molar-refractivity contribution in [3.63, 3.8) is 0 Å². The van der Waals surface area contributed by atoms with Gasteiger partial charge in [0.2, 0.25) is 0 Å². The van der Waals surface area contributed by atoms with Crippen LogP contribution in [0.25, 0.3) is 0 Å². The molecule has 0 unspecified atom stereocenters. The van der Waals surface area contributed by atoms with E-state index in [9.17, 15) is 8.42 Å². The van der Waals surface area contributed by atoms with Gasteiger partial charge in [0.05, 0.1) is 9.83 Å². The van der Waals surface area contributed by atoms with Crippen LogP contribution in [0, 0.1) is 0 Å². The smallest absolute Gasteiger partial charge is 1.00 e. The van der Waals surface area contributed by atoms with E-state index in [1.807, 2.05) is 0 Å². The summed E-state index contributed by atoms with van der Waals surface area (Å²) in [6, 6.07) is 0. The molecule has 0 fully saturated rings. The van der Waals surface area contributed by atoms with E-state index in [0.29, 0.717) is 19.7 Å². The van der Waals surface area contributed by atoms with Crippen LogP contribution in [0.3, 0.4) is 0 Å². The Morgan fingerprint density at radius 3 is 2.00 bits per heavy atom. The number of thiol groups is 1. The molecule has 0 aliphatic heterocycles. The maximum absolute atomic E-state index is 9.68. The molecule has 0 atom stereocenters. The van der Waals surface area contributed by atoms with Crippen LogP contribution in [0.1, 0.15) is 1.43 Å². The Kier molecular flexibility index (Phi) is 9.03. The average Bonchev–Trinajstić information content (AvgIpc) is 1.30. The Hall–Kier alpha value is 1.96. The summed E-state index contributed by atoms with van der Waals surface area (Å²) < 4.78 is 27.2. The predicted octanol–water partition coefficient (Wildman–Crippen LogP) is -1.87. The van der Waals surface area contributed by atoms with Crippen molar-refractivity contribution in [2.45, 2.75) is 0 Å². The zero-order valence-corrected chi connectivity index (χ0v) is 9.28. The van der Waals surface area contributed by atoms with Gasteiger partial charge in [0.1, 0.15) is 0 Å². The van der Waals surface area contributed by atoms with Crippen LogP contribution in [0.5, 0.6) is 0 Å². The Bertz CT molecular complexity index is 129. The van der Waals surface area contributed by atoms with Gasteiger partial charge in [-0.2, -0.15) is 8.42 Å². The molecule has 1 N–H and O–H groups in total. The van der Waals surface area contributed by atoms with Crippen molar-refractivity contribution in [1.29, 1.82) is 0 Å². The summed E-state index contributed by atoms with van der Waals surface area (Å²) in [5, 5.41) is 0. The van der Waals surface area contributed by atoms with Gasteiger partial charge in [-0.05, 0) is 9.83 Å². The third-order valence-electron chi connectivity index (χ3n) is 0.116. The van der Waals surface area contributed by atoms with E-state index in [4.69, 9.17) is 4.55 Å². The first kappa shape index (κ1) is 12.6. The van der Waals surface area contributed by atoms with Gasteiger partial charge in [-0.15, -0.1) is 0 Å². The number of rotatable bonds is 2. The first-order chi connectivity index (χ1) is 3.06. The molecule has 0 aromatic carbocycles. The number of hydrogen-bond donors (Lipinski definition) is 2. The standard InChI is InChI=1S/Na.H2O3S4.H/c;1-7(2,3)6-5-4;/h;4H,(H,1,2,3);/q+1;;-1. The summed E-state index contributed by atoms with van der Waals surface area (Å²) in [6.07, 6.45) is 0. The van der Waals surface area contributed by atoms with E-state index in [1.54, 1.807) is 0 Å². The topological polar surface area (TPSA) is 54.4 Å². The fourth-order valence-electron chi connectivity index (χ4n) is 0.0385. The van der Waals surface area contributed by atoms with Crippen molar-refractivity contribution in [3.05, 3.63) is 0 Å². The molecule has 8 heavy (non-hydrogen) atoms. The summed E-state index contributed by atoms with van der Waals surface area (Å²) >= 11 is 3.45. The monoisotopic (exact) mass is 202 g/mol. The molecule has 0 rings (SSSR count). The molecule has 0 aromatic rings. The summed E-state index contributed by atoms with van der Waals surface area (Å²) in [6.45, 7) is 0. The van der Waals surface area contributed by atoms with Gasteiger partial charge in [0.25, 0.3) is 0 Å². The van der Waals surface area contributed by atoms with Gasteiger partial charge in [-0.3, -0.25) is 4.55 Å². The van der Waals surface area contributed by atoms with Gasteiger partial charge in [-0.25, -0.2) is 0 Å². The average molecular weight is 202 g/mol. The Morgan fingerprint density at radius 1 is 1.62 bits per heavy atom. The van der Waals surface area contributed by atoms with Crippen LogP contribution in [-0.2, 0) is 9.15 Å².